The predicted octanol–water partition coefficient (Wildman–Crippen LogP) is 8.68. The minimum atomic E-state index is -1.69. The Bertz CT molecular complexity index is 367. The van der Waals surface area contributed by atoms with Gasteiger partial charge in [-0.15, -0.1) is 13.2 Å². The van der Waals surface area contributed by atoms with Crippen LogP contribution in [0.3, 0.4) is 0 Å². The highest BCUT2D eigenvalue weighted by Crippen LogP contribution is 2.38. The normalized spacial score (nSPS) is 14.8. The molecule has 0 spiro atoms. The monoisotopic (exact) mass is 380 g/mol. The van der Waals surface area contributed by atoms with Crippen LogP contribution in [-0.4, -0.2) is 14.4 Å². The van der Waals surface area contributed by atoms with Crippen LogP contribution < -0.4 is 0 Å². The molecular formula is C24H48OSi. The van der Waals surface area contributed by atoms with E-state index in [-0.39, 0.29) is 0 Å². The van der Waals surface area contributed by atoms with E-state index in [4.69, 9.17) is 4.43 Å². The van der Waals surface area contributed by atoms with E-state index in [2.05, 4.69) is 53.9 Å². The maximum Gasteiger partial charge on any atom is 0.192 e. The Kier molecular flexibility index (Phi) is 13.6. The van der Waals surface area contributed by atoms with Gasteiger partial charge in [0, 0.05) is 6.10 Å². The van der Waals surface area contributed by atoms with E-state index in [0.29, 0.717) is 11.1 Å². The highest BCUT2D eigenvalue weighted by atomic mass is 28.4. The zero-order valence-corrected chi connectivity index (χ0v) is 19.9. The van der Waals surface area contributed by atoms with Crippen LogP contribution in [0.25, 0.3) is 0 Å². The molecule has 2 heteroatoms. The molecule has 1 nitrogen and oxygen atoms in total. The van der Waals surface area contributed by atoms with Gasteiger partial charge in [-0.1, -0.05) is 72.0 Å². The molecule has 0 radical (unpaired) electrons. The van der Waals surface area contributed by atoms with E-state index >= 15 is 0 Å². The Labute approximate surface area is 166 Å². The highest BCUT2D eigenvalue weighted by Gasteiger charge is 2.39. The lowest BCUT2D eigenvalue weighted by atomic mass is 9.95. The van der Waals surface area contributed by atoms with Crippen LogP contribution >= 0.6 is 0 Å². The van der Waals surface area contributed by atoms with Gasteiger partial charge in [0.15, 0.2) is 8.32 Å². The van der Waals surface area contributed by atoms with Crippen molar-refractivity contribution >= 4 is 8.32 Å². The summed E-state index contributed by atoms with van der Waals surface area (Å²) in [6.45, 7) is 21.9. The SMILES string of the molecule is C=CCCCCCCCCC(CC(C)CCC=C)O[Si](C)(C)C(C)(C)C. The lowest BCUT2D eigenvalue weighted by molar-refractivity contribution is 0.138. The van der Waals surface area contributed by atoms with Crippen molar-refractivity contribution < 1.29 is 4.43 Å². The van der Waals surface area contributed by atoms with Crippen molar-refractivity contribution in [2.45, 2.75) is 123 Å². The first kappa shape index (κ1) is 25.7. The molecular weight excluding hydrogens is 332 g/mol. The van der Waals surface area contributed by atoms with Gasteiger partial charge in [-0.2, -0.15) is 0 Å². The van der Waals surface area contributed by atoms with Crippen molar-refractivity contribution in [1.29, 1.82) is 0 Å². The van der Waals surface area contributed by atoms with Crippen molar-refractivity contribution in [3.05, 3.63) is 25.3 Å². The molecule has 0 aliphatic heterocycles. The number of hydrogen-bond acceptors (Lipinski definition) is 1. The summed E-state index contributed by atoms with van der Waals surface area (Å²) in [4.78, 5) is 0. The second kappa shape index (κ2) is 13.8. The zero-order chi connectivity index (χ0) is 20.1. The van der Waals surface area contributed by atoms with Crippen molar-refractivity contribution in [3.63, 3.8) is 0 Å². The van der Waals surface area contributed by atoms with E-state index in [9.17, 15) is 0 Å². The van der Waals surface area contributed by atoms with Gasteiger partial charge in [-0.05, 0) is 62.6 Å². The molecule has 0 amide bonds. The quantitative estimate of drug-likeness (QED) is 0.148. The summed E-state index contributed by atoms with van der Waals surface area (Å²) in [7, 11) is -1.69. The van der Waals surface area contributed by atoms with Crippen LogP contribution in [0.2, 0.25) is 18.1 Å². The van der Waals surface area contributed by atoms with Crippen molar-refractivity contribution in [2.24, 2.45) is 5.92 Å². The summed E-state index contributed by atoms with van der Waals surface area (Å²) in [5, 5.41) is 0.292. The summed E-state index contributed by atoms with van der Waals surface area (Å²) >= 11 is 0. The third-order valence-corrected chi connectivity index (χ3v) is 10.5. The van der Waals surface area contributed by atoms with Crippen LogP contribution in [-0.2, 0) is 4.43 Å². The lowest BCUT2D eigenvalue weighted by Gasteiger charge is -2.40. The number of hydrogen-bond donors (Lipinski definition) is 0. The molecule has 0 bridgehead atoms. The molecule has 26 heavy (non-hydrogen) atoms. The van der Waals surface area contributed by atoms with Crippen LogP contribution in [0.15, 0.2) is 25.3 Å². The minimum Gasteiger partial charge on any atom is -0.414 e. The van der Waals surface area contributed by atoms with E-state index in [1.165, 1.54) is 64.2 Å². The van der Waals surface area contributed by atoms with Gasteiger partial charge in [0.05, 0.1) is 0 Å². The Balaban J connectivity index is 4.40. The smallest absolute Gasteiger partial charge is 0.192 e. The highest BCUT2D eigenvalue weighted by molar-refractivity contribution is 6.74. The first-order chi connectivity index (χ1) is 12.1. The number of allylic oxidation sites excluding steroid dienone is 2. The Morgan fingerprint density at radius 2 is 1.38 bits per heavy atom. The fraction of sp³-hybridized carbons (Fsp3) is 0.833. The second-order valence-corrected chi connectivity index (χ2v) is 14.5. The van der Waals surface area contributed by atoms with Gasteiger partial charge in [-0.25, -0.2) is 0 Å². The number of rotatable bonds is 16. The van der Waals surface area contributed by atoms with Gasteiger partial charge in [0.2, 0.25) is 0 Å². The van der Waals surface area contributed by atoms with Gasteiger partial charge in [0.25, 0.3) is 0 Å². The molecule has 0 saturated heterocycles. The van der Waals surface area contributed by atoms with Crippen LogP contribution in [0.1, 0.15) is 98.3 Å². The molecule has 0 aliphatic rings. The average molecular weight is 381 g/mol. The Morgan fingerprint density at radius 3 is 1.92 bits per heavy atom. The summed E-state index contributed by atoms with van der Waals surface area (Å²) in [5.74, 6) is 0.724. The topological polar surface area (TPSA) is 9.23 Å². The predicted molar refractivity (Wildman–Crippen MR) is 122 cm³/mol. The molecule has 0 aromatic rings. The number of unbranched alkanes of at least 4 members (excludes halogenated alkanes) is 6. The van der Waals surface area contributed by atoms with Gasteiger partial charge in [-0.3, -0.25) is 0 Å². The van der Waals surface area contributed by atoms with Gasteiger partial charge < -0.3 is 4.43 Å². The summed E-state index contributed by atoms with van der Waals surface area (Å²) in [6.07, 6.45) is 18.6. The average Bonchev–Trinajstić information content (AvgIpc) is 2.53. The molecule has 154 valence electrons. The largest absolute Gasteiger partial charge is 0.414 e. The molecule has 0 aromatic heterocycles. The van der Waals surface area contributed by atoms with Crippen molar-refractivity contribution in [1.82, 2.24) is 0 Å². The fourth-order valence-corrected chi connectivity index (χ4v) is 4.56. The van der Waals surface area contributed by atoms with E-state index in [1.54, 1.807) is 0 Å². The zero-order valence-electron chi connectivity index (χ0n) is 18.9. The molecule has 0 rings (SSSR count). The molecule has 0 heterocycles. The first-order valence-corrected chi connectivity index (χ1v) is 13.9. The van der Waals surface area contributed by atoms with Crippen LogP contribution in [0.4, 0.5) is 0 Å². The molecule has 0 saturated carbocycles. The fourth-order valence-electron chi connectivity index (χ4n) is 3.16. The third kappa shape index (κ3) is 12.1. The standard InChI is InChI=1S/C24H48OSi/c1-9-11-13-14-15-16-17-18-20-23(21-22(3)19-12-10-2)25-26(7,8)24(4,5)6/h9-10,22-23H,1-2,11-21H2,3-8H3. The third-order valence-electron chi connectivity index (χ3n) is 5.98. The van der Waals surface area contributed by atoms with Crippen molar-refractivity contribution in [3.8, 4) is 0 Å². The van der Waals surface area contributed by atoms with E-state index < -0.39 is 8.32 Å². The molecule has 2 unspecified atom stereocenters. The van der Waals surface area contributed by atoms with Gasteiger partial charge >= 0.3 is 0 Å². The Morgan fingerprint density at radius 1 is 0.846 bits per heavy atom. The van der Waals surface area contributed by atoms with Crippen molar-refractivity contribution in [2.75, 3.05) is 0 Å². The van der Waals surface area contributed by atoms with E-state index in [1.807, 2.05) is 12.2 Å². The maximum absolute atomic E-state index is 6.81. The molecule has 0 aliphatic carbocycles. The summed E-state index contributed by atoms with van der Waals surface area (Å²) in [6, 6.07) is 0. The van der Waals surface area contributed by atoms with Crippen LogP contribution in [0, 0.1) is 5.92 Å². The molecule has 0 N–H and O–H groups in total. The first-order valence-electron chi connectivity index (χ1n) is 11.0. The molecule has 2 atom stereocenters. The second-order valence-electron chi connectivity index (χ2n) is 9.69. The molecule has 0 aromatic carbocycles. The summed E-state index contributed by atoms with van der Waals surface area (Å²) in [5.41, 5.74) is 0. The lowest BCUT2D eigenvalue weighted by Crippen LogP contribution is -2.44. The summed E-state index contributed by atoms with van der Waals surface area (Å²) < 4.78 is 6.81. The van der Waals surface area contributed by atoms with Crippen LogP contribution in [0.5, 0.6) is 0 Å². The minimum absolute atomic E-state index is 0.292. The Hall–Kier alpha value is -0.343. The maximum atomic E-state index is 6.81. The van der Waals surface area contributed by atoms with E-state index in [0.717, 1.165) is 12.3 Å². The van der Waals surface area contributed by atoms with Gasteiger partial charge in [0.1, 0.15) is 0 Å². The molecule has 0 fully saturated rings.